The molecule has 1 aromatic heterocycles. The minimum absolute atomic E-state index is 0.404. The molecule has 3 N–H and O–H groups in total. The van der Waals surface area contributed by atoms with Crippen LogP contribution in [0.15, 0.2) is 54.7 Å². The van der Waals surface area contributed by atoms with Crippen LogP contribution in [0.25, 0.3) is 10.9 Å². The molecule has 3 aromatic rings. The summed E-state index contributed by atoms with van der Waals surface area (Å²) in [6, 6.07) is 13.8. The number of nitrogens with zero attached hydrogens (tertiary/aromatic N) is 1. The van der Waals surface area contributed by atoms with Crippen molar-refractivity contribution in [1.29, 1.82) is 0 Å². The van der Waals surface area contributed by atoms with E-state index in [0.717, 1.165) is 17.2 Å². The van der Waals surface area contributed by atoms with Gasteiger partial charge >= 0.3 is 6.03 Å². The van der Waals surface area contributed by atoms with Crippen LogP contribution in [0.5, 0.6) is 0 Å². The molecule has 0 aliphatic carbocycles. The Kier molecular flexibility index (Phi) is 5.51. The molecule has 2 amide bonds. The number of hydrogen-bond acceptors (Lipinski definition) is 4. The fourth-order valence-corrected chi connectivity index (χ4v) is 3.62. The van der Waals surface area contributed by atoms with Crippen molar-refractivity contribution in [2.45, 2.75) is 19.9 Å². The van der Waals surface area contributed by atoms with Gasteiger partial charge < -0.3 is 10.6 Å². The maximum absolute atomic E-state index is 12.6. The number of sulfonamides is 1. The third-order valence-electron chi connectivity index (χ3n) is 4.17. The molecule has 1 atom stereocenters. The van der Waals surface area contributed by atoms with Crippen molar-refractivity contribution in [1.82, 2.24) is 10.3 Å². The molecule has 2 aromatic carbocycles. The maximum atomic E-state index is 12.6. The van der Waals surface area contributed by atoms with E-state index >= 15 is 0 Å². The Morgan fingerprint density at radius 1 is 1.07 bits per heavy atom. The molecule has 28 heavy (non-hydrogen) atoms. The summed E-state index contributed by atoms with van der Waals surface area (Å²) in [5.74, 6) is 0. The number of nitrogens with one attached hydrogen (secondary N) is 3. The van der Waals surface area contributed by atoms with Crippen molar-refractivity contribution in [3.63, 3.8) is 0 Å². The van der Waals surface area contributed by atoms with Crippen molar-refractivity contribution in [3.8, 4) is 0 Å². The lowest BCUT2D eigenvalue weighted by Gasteiger charge is -2.19. The molecule has 7 nitrogen and oxygen atoms in total. The third kappa shape index (κ3) is 4.77. The van der Waals surface area contributed by atoms with Gasteiger partial charge in [-0.1, -0.05) is 24.3 Å². The molecule has 3 rings (SSSR count). The van der Waals surface area contributed by atoms with Crippen LogP contribution in [0.3, 0.4) is 0 Å². The minimum Gasteiger partial charge on any atom is -0.331 e. The molecule has 0 aliphatic rings. The molecule has 0 spiro atoms. The monoisotopic (exact) mass is 398 g/mol. The SMILES string of the molecule is Cc1cc(NC(=O)N[C@H](C)c2ccccc2NS(C)(=O)=O)c2ncccc2c1. The standard InChI is InChI=1S/C20H22N4O3S/c1-13-11-15-7-6-10-21-19(15)18(12-13)23-20(25)22-14(2)16-8-4-5-9-17(16)24-28(3,26)27/h4-12,14,24H,1-3H3,(H2,22,23,25)/t14-/m1/s1. The van der Waals surface area contributed by atoms with Crippen molar-refractivity contribution in [3.05, 3.63) is 65.9 Å². The van der Waals surface area contributed by atoms with Gasteiger partial charge in [0.1, 0.15) is 0 Å². The van der Waals surface area contributed by atoms with Crippen LogP contribution in [-0.2, 0) is 10.0 Å². The average molecular weight is 398 g/mol. The Labute approximate surface area is 164 Å². The lowest BCUT2D eigenvalue weighted by Crippen LogP contribution is -2.31. The van der Waals surface area contributed by atoms with Gasteiger partial charge in [0.15, 0.2) is 0 Å². The number of carbonyl (C=O) groups is 1. The van der Waals surface area contributed by atoms with E-state index < -0.39 is 22.1 Å². The molecule has 1 heterocycles. The van der Waals surface area contributed by atoms with E-state index in [1.165, 1.54) is 0 Å². The number of benzene rings is 2. The largest absolute Gasteiger partial charge is 0.331 e. The Bertz CT molecular complexity index is 1130. The normalized spacial score (nSPS) is 12.4. The Hall–Kier alpha value is -3.13. The number of rotatable bonds is 5. The summed E-state index contributed by atoms with van der Waals surface area (Å²) in [5.41, 5.74) is 3.42. The summed E-state index contributed by atoms with van der Waals surface area (Å²) in [5, 5.41) is 6.62. The van der Waals surface area contributed by atoms with Gasteiger partial charge in [-0.3, -0.25) is 9.71 Å². The van der Waals surface area contributed by atoms with Crippen molar-refractivity contribution >= 4 is 38.3 Å². The van der Waals surface area contributed by atoms with E-state index in [1.807, 2.05) is 31.2 Å². The molecule has 146 valence electrons. The van der Waals surface area contributed by atoms with Gasteiger partial charge in [0.25, 0.3) is 0 Å². The van der Waals surface area contributed by atoms with E-state index in [0.29, 0.717) is 22.5 Å². The van der Waals surface area contributed by atoms with E-state index in [9.17, 15) is 13.2 Å². The molecule has 0 saturated carbocycles. The highest BCUT2D eigenvalue weighted by molar-refractivity contribution is 7.92. The number of carbonyl (C=O) groups excluding carboxylic acids is 1. The first-order valence-corrected chi connectivity index (χ1v) is 10.6. The lowest BCUT2D eigenvalue weighted by atomic mass is 10.1. The Morgan fingerprint density at radius 2 is 1.82 bits per heavy atom. The molecule has 0 unspecified atom stereocenters. The zero-order valence-corrected chi connectivity index (χ0v) is 16.7. The number of hydrogen-bond donors (Lipinski definition) is 3. The van der Waals surface area contributed by atoms with Crippen LogP contribution in [-0.4, -0.2) is 25.7 Å². The number of para-hydroxylation sites is 1. The second-order valence-electron chi connectivity index (χ2n) is 6.67. The quantitative estimate of drug-likeness (QED) is 0.609. The molecule has 8 heteroatoms. The zero-order valence-electron chi connectivity index (χ0n) is 15.9. The summed E-state index contributed by atoms with van der Waals surface area (Å²) in [6.45, 7) is 3.74. The first-order valence-electron chi connectivity index (χ1n) is 8.72. The van der Waals surface area contributed by atoms with Crippen LogP contribution in [0.2, 0.25) is 0 Å². The molecular formula is C20H22N4O3S. The lowest BCUT2D eigenvalue weighted by molar-refractivity contribution is 0.249. The summed E-state index contributed by atoms with van der Waals surface area (Å²) in [7, 11) is -3.43. The third-order valence-corrected chi connectivity index (χ3v) is 4.76. The number of urea groups is 1. The van der Waals surface area contributed by atoms with Crippen LogP contribution in [0, 0.1) is 6.92 Å². The first-order chi connectivity index (χ1) is 13.2. The maximum Gasteiger partial charge on any atom is 0.319 e. The molecule has 0 bridgehead atoms. The van der Waals surface area contributed by atoms with Gasteiger partial charge in [0.2, 0.25) is 10.0 Å². The highest BCUT2D eigenvalue weighted by atomic mass is 32.2. The summed E-state index contributed by atoms with van der Waals surface area (Å²) >= 11 is 0. The smallest absolute Gasteiger partial charge is 0.319 e. The van der Waals surface area contributed by atoms with Gasteiger partial charge in [0.05, 0.1) is 29.2 Å². The van der Waals surface area contributed by atoms with E-state index in [1.54, 1.807) is 37.4 Å². The van der Waals surface area contributed by atoms with Crippen LogP contribution in [0.4, 0.5) is 16.2 Å². The Balaban J connectivity index is 1.80. The highest BCUT2D eigenvalue weighted by Crippen LogP contribution is 2.25. The molecule has 0 fully saturated rings. The predicted octanol–water partition coefficient (Wildman–Crippen LogP) is 3.80. The zero-order chi connectivity index (χ0) is 20.3. The minimum atomic E-state index is -3.43. The number of pyridine rings is 1. The topological polar surface area (TPSA) is 100 Å². The highest BCUT2D eigenvalue weighted by Gasteiger charge is 2.16. The van der Waals surface area contributed by atoms with Crippen LogP contribution in [0.1, 0.15) is 24.1 Å². The fourth-order valence-electron chi connectivity index (χ4n) is 3.04. The van der Waals surface area contributed by atoms with Gasteiger partial charge in [-0.2, -0.15) is 0 Å². The number of fused-ring (bicyclic) bond motifs is 1. The first kappa shape index (κ1) is 19.6. The number of anilines is 2. The van der Waals surface area contributed by atoms with Gasteiger partial charge in [-0.15, -0.1) is 0 Å². The van der Waals surface area contributed by atoms with E-state index in [-0.39, 0.29) is 0 Å². The second-order valence-corrected chi connectivity index (χ2v) is 8.42. The van der Waals surface area contributed by atoms with Crippen molar-refractivity contribution in [2.75, 3.05) is 16.3 Å². The summed E-state index contributed by atoms with van der Waals surface area (Å²) in [6.07, 6.45) is 2.76. The van der Waals surface area contributed by atoms with E-state index in [4.69, 9.17) is 0 Å². The van der Waals surface area contributed by atoms with Crippen LogP contribution < -0.4 is 15.4 Å². The van der Waals surface area contributed by atoms with Gasteiger partial charge in [-0.25, -0.2) is 13.2 Å². The summed E-state index contributed by atoms with van der Waals surface area (Å²) in [4.78, 5) is 16.9. The molecule has 0 radical (unpaired) electrons. The van der Waals surface area contributed by atoms with Crippen molar-refractivity contribution in [2.24, 2.45) is 0 Å². The Morgan fingerprint density at radius 3 is 2.57 bits per heavy atom. The van der Waals surface area contributed by atoms with Gasteiger partial charge in [-0.05, 0) is 49.2 Å². The van der Waals surface area contributed by atoms with Crippen LogP contribution >= 0.6 is 0 Å². The number of aryl methyl sites for hydroxylation is 1. The van der Waals surface area contributed by atoms with E-state index in [2.05, 4.69) is 20.3 Å². The molecular weight excluding hydrogens is 376 g/mol. The average Bonchev–Trinajstić information content (AvgIpc) is 2.60. The van der Waals surface area contributed by atoms with Gasteiger partial charge in [0, 0.05) is 11.6 Å². The second kappa shape index (κ2) is 7.85. The summed E-state index contributed by atoms with van der Waals surface area (Å²) < 4.78 is 25.6. The van der Waals surface area contributed by atoms with Crippen molar-refractivity contribution < 1.29 is 13.2 Å². The molecule has 0 saturated heterocycles. The number of amides is 2. The predicted molar refractivity (Wildman–Crippen MR) is 112 cm³/mol. The molecule has 0 aliphatic heterocycles. The number of aromatic nitrogens is 1. The fraction of sp³-hybridized carbons (Fsp3) is 0.200.